The van der Waals surface area contributed by atoms with Gasteiger partial charge in [0.15, 0.2) is 0 Å². The summed E-state index contributed by atoms with van der Waals surface area (Å²) >= 11 is 1.10. The van der Waals surface area contributed by atoms with Crippen LogP contribution in [0.25, 0.3) is 0 Å². The van der Waals surface area contributed by atoms with E-state index in [1.165, 1.54) is 27.6 Å². The Labute approximate surface area is 178 Å². The molecule has 2 aromatic rings. The van der Waals surface area contributed by atoms with Crippen LogP contribution in [0.1, 0.15) is 29.7 Å². The van der Waals surface area contributed by atoms with Gasteiger partial charge in [-0.3, -0.25) is 4.90 Å². The number of benzene rings is 2. The Bertz CT molecular complexity index is 870. The van der Waals surface area contributed by atoms with E-state index in [1.807, 2.05) is 18.2 Å². The minimum Gasteiger partial charge on any atom is -0.378 e. The number of fused-ring (bicyclic) bond motifs is 1. The molecular formula is C22H24F4N2OS. The van der Waals surface area contributed by atoms with E-state index < -0.39 is 18.0 Å². The van der Waals surface area contributed by atoms with Crippen LogP contribution in [0.4, 0.5) is 17.6 Å². The average molecular weight is 441 g/mol. The Morgan fingerprint density at radius 1 is 1.13 bits per heavy atom. The molecule has 2 aromatic carbocycles. The maximum absolute atomic E-state index is 13.9. The van der Waals surface area contributed by atoms with Crippen LogP contribution in [0, 0.1) is 5.82 Å². The highest BCUT2D eigenvalue weighted by Crippen LogP contribution is 2.43. The lowest BCUT2D eigenvalue weighted by Gasteiger charge is -2.40. The smallest absolute Gasteiger partial charge is 0.378 e. The molecule has 30 heavy (non-hydrogen) atoms. The highest BCUT2D eigenvalue weighted by Gasteiger charge is 2.45. The third kappa shape index (κ3) is 4.66. The predicted octanol–water partition coefficient (Wildman–Crippen LogP) is 5.22. The molecule has 2 aliphatic heterocycles. The number of nitrogens with zero attached hydrogens (tertiary/aromatic N) is 2. The summed E-state index contributed by atoms with van der Waals surface area (Å²) < 4.78 is 61.7. The Morgan fingerprint density at radius 2 is 1.87 bits per heavy atom. The van der Waals surface area contributed by atoms with Crippen molar-refractivity contribution in [3.63, 3.8) is 0 Å². The zero-order chi connectivity index (χ0) is 21.3. The summed E-state index contributed by atoms with van der Waals surface area (Å²) in [5, 5.41) is 0. The molecule has 0 N–H and O–H groups in total. The second-order valence-electron chi connectivity index (χ2n) is 7.66. The highest BCUT2D eigenvalue weighted by molar-refractivity contribution is 7.97. The van der Waals surface area contributed by atoms with E-state index in [0.29, 0.717) is 6.04 Å². The third-order valence-corrected chi connectivity index (χ3v) is 6.84. The maximum atomic E-state index is 13.9. The fourth-order valence-corrected chi connectivity index (χ4v) is 5.03. The lowest BCUT2D eigenvalue weighted by molar-refractivity contribution is -0.172. The van der Waals surface area contributed by atoms with Crippen molar-refractivity contribution in [3.8, 4) is 0 Å². The van der Waals surface area contributed by atoms with Gasteiger partial charge in [-0.2, -0.15) is 13.2 Å². The quantitative estimate of drug-likeness (QED) is 0.452. The van der Waals surface area contributed by atoms with E-state index in [4.69, 9.17) is 4.74 Å². The standard InChI is InChI=1S/C22H24F4N2OS/c1-2-28(21(22(24,25)26)16-3-6-18(23)7-4-16)30-20-8-5-15-9-10-27(12-17(15)11-20)19-13-29-14-19/h3-8,11,19,21H,2,9-10,12-14H2,1H3. The SMILES string of the molecule is CCN(Sc1ccc2c(c1)CN(C1COC1)CC2)C(c1ccc(F)cc1)C(F)(F)F. The molecule has 0 bridgehead atoms. The molecule has 0 aromatic heterocycles. The van der Waals surface area contributed by atoms with E-state index in [-0.39, 0.29) is 12.1 Å². The van der Waals surface area contributed by atoms with Gasteiger partial charge in [-0.1, -0.05) is 25.1 Å². The van der Waals surface area contributed by atoms with Crippen molar-refractivity contribution >= 4 is 11.9 Å². The predicted molar refractivity (Wildman–Crippen MR) is 109 cm³/mol. The molecule has 2 aliphatic rings. The molecule has 4 rings (SSSR count). The first-order valence-electron chi connectivity index (χ1n) is 10.1. The van der Waals surface area contributed by atoms with Gasteiger partial charge in [-0.25, -0.2) is 8.70 Å². The minimum atomic E-state index is -4.48. The van der Waals surface area contributed by atoms with E-state index in [2.05, 4.69) is 4.90 Å². The highest BCUT2D eigenvalue weighted by atomic mass is 32.2. The van der Waals surface area contributed by atoms with Crippen LogP contribution in [-0.2, 0) is 17.7 Å². The molecule has 1 saturated heterocycles. The summed E-state index contributed by atoms with van der Waals surface area (Å²) in [4.78, 5) is 3.16. The van der Waals surface area contributed by atoms with Gasteiger partial charge in [-0.15, -0.1) is 0 Å². The molecule has 1 atom stereocenters. The number of hydrogen-bond acceptors (Lipinski definition) is 4. The molecular weight excluding hydrogens is 416 g/mol. The van der Waals surface area contributed by atoms with E-state index in [0.717, 1.165) is 61.7 Å². The maximum Gasteiger partial charge on any atom is 0.408 e. The van der Waals surface area contributed by atoms with Gasteiger partial charge in [0, 0.05) is 24.5 Å². The number of halogens is 4. The number of ether oxygens (including phenoxy) is 1. The second kappa shape index (κ2) is 8.86. The van der Waals surface area contributed by atoms with Crippen molar-refractivity contribution in [2.75, 3.05) is 26.3 Å². The third-order valence-electron chi connectivity index (χ3n) is 5.67. The molecule has 1 fully saturated rings. The second-order valence-corrected chi connectivity index (χ2v) is 8.79. The van der Waals surface area contributed by atoms with Gasteiger partial charge in [0.25, 0.3) is 0 Å². The van der Waals surface area contributed by atoms with Crippen LogP contribution in [-0.4, -0.2) is 47.7 Å². The van der Waals surface area contributed by atoms with Crippen molar-refractivity contribution in [2.24, 2.45) is 0 Å². The Morgan fingerprint density at radius 3 is 2.47 bits per heavy atom. The van der Waals surface area contributed by atoms with Crippen LogP contribution in [0.2, 0.25) is 0 Å². The number of rotatable bonds is 6. The fraction of sp³-hybridized carbons (Fsp3) is 0.455. The largest absolute Gasteiger partial charge is 0.408 e. The molecule has 0 amide bonds. The van der Waals surface area contributed by atoms with Crippen LogP contribution in [0.15, 0.2) is 47.4 Å². The summed E-state index contributed by atoms with van der Waals surface area (Å²) in [7, 11) is 0. The van der Waals surface area contributed by atoms with Crippen molar-refractivity contribution in [1.29, 1.82) is 0 Å². The average Bonchev–Trinajstić information content (AvgIpc) is 2.66. The normalized spacial score (nSPS) is 18.9. The first kappa shape index (κ1) is 21.6. The Hall–Kier alpha value is -1.61. The molecule has 0 aliphatic carbocycles. The molecule has 162 valence electrons. The van der Waals surface area contributed by atoms with Gasteiger partial charge in [0.2, 0.25) is 0 Å². The summed E-state index contributed by atoms with van der Waals surface area (Å²) in [5.41, 5.74) is 2.46. The lowest BCUT2D eigenvalue weighted by Crippen LogP contribution is -2.50. The number of alkyl halides is 3. The molecule has 2 heterocycles. The minimum absolute atomic E-state index is 0.0346. The molecule has 0 spiro atoms. The van der Waals surface area contributed by atoms with Crippen molar-refractivity contribution < 1.29 is 22.3 Å². The van der Waals surface area contributed by atoms with Crippen molar-refractivity contribution in [1.82, 2.24) is 9.21 Å². The van der Waals surface area contributed by atoms with Gasteiger partial charge in [0.1, 0.15) is 11.9 Å². The zero-order valence-corrected chi connectivity index (χ0v) is 17.5. The van der Waals surface area contributed by atoms with E-state index >= 15 is 0 Å². The number of hydrogen-bond donors (Lipinski definition) is 0. The van der Waals surface area contributed by atoms with Crippen LogP contribution in [0.5, 0.6) is 0 Å². The van der Waals surface area contributed by atoms with Crippen molar-refractivity contribution in [3.05, 3.63) is 65.0 Å². The van der Waals surface area contributed by atoms with Crippen LogP contribution < -0.4 is 0 Å². The van der Waals surface area contributed by atoms with Gasteiger partial charge in [-0.05, 0) is 59.3 Å². The van der Waals surface area contributed by atoms with Gasteiger partial charge in [0.05, 0.1) is 19.3 Å². The van der Waals surface area contributed by atoms with Gasteiger partial charge < -0.3 is 4.74 Å². The molecule has 8 heteroatoms. The Balaban J connectivity index is 1.55. The van der Waals surface area contributed by atoms with Crippen LogP contribution in [0.3, 0.4) is 0 Å². The van der Waals surface area contributed by atoms with Crippen molar-refractivity contribution in [2.45, 2.75) is 43.0 Å². The molecule has 3 nitrogen and oxygen atoms in total. The van der Waals surface area contributed by atoms with Crippen LogP contribution >= 0.6 is 11.9 Å². The fourth-order valence-electron chi connectivity index (χ4n) is 3.96. The lowest BCUT2D eigenvalue weighted by atomic mass is 9.98. The monoisotopic (exact) mass is 440 g/mol. The Kier molecular flexibility index (Phi) is 6.39. The first-order valence-corrected chi connectivity index (χ1v) is 10.8. The summed E-state index contributed by atoms with van der Waals surface area (Å²) in [6.07, 6.45) is -3.54. The summed E-state index contributed by atoms with van der Waals surface area (Å²) in [6.45, 7) is 5.16. The zero-order valence-electron chi connectivity index (χ0n) is 16.7. The van der Waals surface area contributed by atoms with Gasteiger partial charge >= 0.3 is 6.18 Å². The van der Waals surface area contributed by atoms with E-state index in [9.17, 15) is 17.6 Å². The van der Waals surface area contributed by atoms with E-state index in [1.54, 1.807) is 6.92 Å². The topological polar surface area (TPSA) is 15.7 Å². The molecule has 0 radical (unpaired) electrons. The summed E-state index contributed by atoms with van der Waals surface area (Å²) in [5.74, 6) is -0.550. The summed E-state index contributed by atoms with van der Waals surface area (Å²) in [6, 6.07) is 9.13. The first-order chi connectivity index (χ1) is 14.3. The molecule has 0 saturated carbocycles. The molecule has 1 unspecified atom stereocenters.